The maximum atomic E-state index is 5.12. The summed E-state index contributed by atoms with van der Waals surface area (Å²) in [5.41, 5.74) is 4.39. The van der Waals surface area contributed by atoms with Crippen molar-refractivity contribution in [1.29, 1.82) is 0 Å². The van der Waals surface area contributed by atoms with Crippen molar-refractivity contribution in [3.05, 3.63) is 36.4 Å². The zero-order valence-electron chi connectivity index (χ0n) is 14.3. The van der Waals surface area contributed by atoms with Gasteiger partial charge >= 0.3 is 0 Å². The number of nitrogens with zero attached hydrogens (tertiary/aromatic N) is 5. The minimum Gasteiger partial charge on any atom is -0.383 e. The number of anilines is 1. The molecule has 1 unspecified atom stereocenters. The van der Waals surface area contributed by atoms with E-state index in [1.807, 2.05) is 49.1 Å². The molecule has 128 valence electrons. The highest BCUT2D eigenvalue weighted by Gasteiger charge is 2.12. The van der Waals surface area contributed by atoms with E-state index in [1.165, 1.54) is 0 Å². The van der Waals surface area contributed by atoms with Crippen LogP contribution in [0.3, 0.4) is 0 Å². The number of aromatic nitrogens is 6. The summed E-state index contributed by atoms with van der Waals surface area (Å²) < 4.78 is 6.95. The summed E-state index contributed by atoms with van der Waals surface area (Å²) in [6.45, 7) is 4.59. The third kappa shape index (κ3) is 2.80. The van der Waals surface area contributed by atoms with Gasteiger partial charge in [-0.3, -0.25) is 0 Å². The molecule has 0 saturated carbocycles. The topological polar surface area (TPSA) is 93.0 Å². The lowest BCUT2D eigenvalue weighted by molar-refractivity contribution is 0.190. The molecule has 8 nitrogen and oxygen atoms in total. The monoisotopic (exact) mass is 337 g/mol. The molecule has 1 atom stereocenters. The summed E-state index contributed by atoms with van der Waals surface area (Å²) in [6, 6.07) is 4.04. The molecule has 0 saturated heterocycles. The van der Waals surface area contributed by atoms with E-state index < -0.39 is 0 Å². The molecule has 0 amide bonds. The van der Waals surface area contributed by atoms with E-state index in [1.54, 1.807) is 7.11 Å². The highest BCUT2D eigenvalue weighted by Crippen LogP contribution is 2.26. The maximum Gasteiger partial charge on any atom is 0.224 e. The summed E-state index contributed by atoms with van der Waals surface area (Å²) in [7, 11) is 1.67. The molecule has 0 aliphatic heterocycles. The minimum absolute atomic E-state index is 0.130. The van der Waals surface area contributed by atoms with Gasteiger partial charge in [-0.25, -0.2) is 14.5 Å². The highest BCUT2D eigenvalue weighted by molar-refractivity contribution is 5.92. The molecule has 4 aromatic rings. The second-order valence-corrected chi connectivity index (χ2v) is 6.05. The van der Waals surface area contributed by atoms with Gasteiger partial charge in [-0.2, -0.15) is 10.1 Å². The fourth-order valence-electron chi connectivity index (χ4n) is 2.83. The Hall–Kier alpha value is -3.00. The quantitative estimate of drug-likeness (QED) is 0.581. The average molecular weight is 337 g/mol. The molecule has 0 fully saturated rings. The molecular weight excluding hydrogens is 318 g/mol. The van der Waals surface area contributed by atoms with Gasteiger partial charge in [-0.15, -0.1) is 0 Å². The van der Waals surface area contributed by atoms with Crippen molar-refractivity contribution in [3.63, 3.8) is 0 Å². The summed E-state index contributed by atoms with van der Waals surface area (Å²) in [6.07, 6.45) is 5.52. The van der Waals surface area contributed by atoms with Crippen LogP contribution in [-0.2, 0) is 4.74 Å². The summed E-state index contributed by atoms with van der Waals surface area (Å²) >= 11 is 0. The number of hydrogen-bond acceptors (Lipinski definition) is 6. The Bertz CT molecular complexity index is 1040. The van der Waals surface area contributed by atoms with Crippen LogP contribution in [0.5, 0.6) is 0 Å². The van der Waals surface area contributed by atoms with Crippen LogP contribution < -0.4 is 5.32 Å². The molecule has 0 aliphatic rings. The lowest BCUT2D eigenvalue weighted by atomic mass is 10.2. The Kier molecular flexibility index (Phi) is 3.81. The smallest absolute Gasteiger partial charge is 0.224 e. The van der Waals surface area contributed by atoms with E-state index in [2.05, 4.69) is 30.4 Å². The molecule has 4 aromatic heterocycles. The fourth-order valence-corrected chi connectivity index (χ4v) is 2.83. The molecule has 2 N–H and O–H groups in total. The average Bonchev–Trinajstić information content (AvgIpc) is 3.18. The van der Waals surface area contributed by atoms with E-state index in [4.69, 9.17) is 4.74 Å². The van der Waals surface area contributed by atoms with E-state index in [0.29, 0.717) is 12.6 Å². The van der Waals surface area contributed by atoms with Crippen molar-refractivity contribution in [3.8, 4) is 11.3 Å². The van der Waals surface area contributed by atoms with Crippen LogP contribution in [0.1, 0.15) is 12.6 Å². The van der Waals surface area contributed by atoms with Crippen LogP contribution in [0, 0.1) is 6.92 Å². The third-order valence-corrected chi connectivity index (χ3v) is 4.03. The first-order chi connectivity index (χ1) is 12.2. The molecule has 4 heterocycles. The van der Waals surface area contributed by atoms with Gasteiger partial charge in [0.25, 0.3) is 0 Å². The molecule has 0 aliphatic carbocycles. The number of fused-ring (bicyclic) bond motifs is 2. The van der Waals surface area contributed by atoms with E-state index in [0.717, 1.165) is 33.6 Å². The Morgan fingerprint density at radius 2 is 2.16 bits per heavy atom. The van der Waals surface area contributed by atoms with Crippen molar-refractivity contribution < 1.29 is 4.74 Å². The zero-order valence-corrected chi connectivity index (χ0v) is 14.3. The fraction of sp³-hybridized carbons (Fsp3) is 0.294. The van der Waals surface area contributed by atoms with Crippen LogP contribution in [-0.4, -0.2) is 49.3 Å². The second-order valence-electron chi connectivity index (χ2n) is 6.05. The predicted molar refractivity (Wildman–Crippen MR) is 95.6 cm³/mol. The summed E-state index contributed by atoms with van der Waals surface area (Å²) in [4.78, 5) is 16.5. The summed E-state index contributed by atoms with van der Waals surface area (Å²) in [5.74, 6) is 0.569. The number of ether oxygens (including phenoxy) is 1. The minimum atomic E-state index is 0.130. The first kappa shape index (κ1) is 15.5. The molecule has 0 aromatic carbocycles. The van der Waals surface area contributed by atoms with Gasteiger partial charge in [-0.1, -0.05) is 0 Å². The van der Waals surface area contributed by atoms with Crippen LogP contribution in [0.4, 0.5) is 5.95 Å². The number of H-pyrrole nitrogens is 1. The van der Waals surface area contributed by atoms with Gasteiger partial charge in [0.1, 0.15) is 5.65 Å². The lowest BCUT2D eigenvalue weighted by Gasteiger charge is -2.12. The third-order valence-electron chi connectivity index (χ3n) is 4.03. The molecule has 0 radical (unpaired) electrons. The molecule has 0 bridgehead atoms. The SMILES string of the molecule is COCC(C)Nc1ncc2c(-c3ccc4ncc(C)n4n3)c[nH]c2n1. The van der Waals surface area contributed by atoms with Gasteiger partial charge in [0.15, 0.2) is 5.65 Å². The first-order valence-electron chi connectivity index (χ1n) is 8.07. The van der Waals surface area contributed by atoms with Crippen LogP contribution in [0.25, 0.3) is 27.9 Å². The van der Waals surface area contributed by atoms with Gasteiger partial charge in [0.05, 0.1) is 24.2 Å². The normalized spacial score (nSPS) is 12.8. The zero-order chi connectivity index (χ0) is 17.4. The van der Waals surface area contributed by atoms with Crippen molar-refractivity contribution in [2.75, 3.05) is 19.0 Å². The van der Waals surface area contributed by atoms with Gasteiger partial charge in [0, 0.05) is 36.5 Å². The lowest BCUT2D eigenvalue weighted by Crippen LogP contribution is -2.22. The van der Waals surface area contributed by atoms with E-state index in [9.17, 15) is 0 Å². The molecule has 0 spiro atoms. The van der Waals surface area contributed by atoms with Gasteiger partial charge in [-0.05, 0) is 26.0 Å². The number of aromatic amines is 1. The Labute approximate surface area is 144 Å². The number of methoxy groups -OCH3 is 1. The molecule has 4 rings (SSSR count). The Morgan fingerprint density at radius 3 is 3.00 bits per heavy atom. The van der Waals surface area contributed by atoms with Crippen molar-refractivity contribution in [2.24, 2.45) is 0 Å². The van der Waals surface area contributed by atoms with Gasteiger partial charge < -0.3 is 15.0 Å². The molecule has 25 heavy (non-hydrogen) atoms. The number of rotatable bonds is 5. The van der Waals surface area contributed by atoms with Crippen molar-refractivity contribution in [2.45, 2.75) is 19.9 Å². The Balaban J connectivity index is 1.71. The number of aryl methyl sites for hydroxylation is 1. The van der Waals surface area contributed by atoms with Crippen molar-refractivity contribution in [1.82, 2.24) is 29.5 Å². The maximum absolute atomic E-state index is 5.12. The summed E-state index contributed by atoms with van der Waals surface area (Å²) in [5, 5.41) is 8.81. The van der Waals surface area contributed by atoms with Crippen LogP contribution in [0.15, 0.2) is 30.7 Å². The van der Waals surface area contributed by atoms with E-state index in [-0.39, 0.29) is 6.04 Å². The van der Waals surface area contributed by atoms with E-state index >= 15 is 0 Å². The first-order valence-corrected chi connectivity index (χ1v) is 8.07. The number of hydrogen-bond donors (Lipinski definition) is 2. The van der Waals surface area contributed by atoms with Crippen LogP contribution in [0.2, 0.25) is 0 Å². The standard InChI is InChI=1S/C17H19N7O/c1-10(9-25-3)21-17-20-8-13-12(7-19-16(13)22-17)14-4-5-15-18-6-11(2)24(15)23-14/h4-8,10H,9H2,1-3H3,(H2,19,20,21,22). The second kappa shape index (κ2) is 6.14. The highest BCUT2D eigenvalue weighted by atomic mass is 16.5. The van der Waals surface area contributed by atoms with Crippen LogP contribution >= 0.6 is 0 Å². The van der Waals surface area contributed by atoms with Gasteiger partial charge in [0.2, 0.25) is 5.95 Å². The number of imidazole rings is 1. The molecule has 8 heteroatoms. The molecular formula is C17H19N7O. The predicted octanol–water partition coefficient (Wildman–Crippen LogP) is 2.42. The number of nitrogens with one attached hydrogen (secondary N) is 2. The van der Waals surface area contributed by atoms with Crippen molar-refractivity contribution >= 4 is 22.6 Å². The Morgan fingerprint density at radius 1 is 1.28 bits per heavy atom. The largest absolute Gasteiger partial charge is 0.383 e.